The zero-order chi connectivity index (χ0) is 13.7. The third-order valence-electron chi connectivity index (χ3n) is 5.21. The predicted molar refractivity (Wildman–Crippen MR) is 88.0 cm³/mol. The molecular formula is C18H33B. The zero-order valence-electron chi connectivity index (χ0n) is 13.5. The minimum atomic E-state index is 0.349. The van der Waals surface area contributed by atoms with Crippen LogP contribution in [0.15, 0.2) is 12.1 Å². The highest BCUT2D eigenvalue weighted by molar-refractivity contribution is 6.67. The van der Waals surface area contributed by atoms with Crippen LogP contribution in [0.25, 0.3) is 0 Å². The maximum absolute atomic E-state index is 2.63. The van der Waals surface area contributed by atoms with Crippen molar-refractivity contribution in [3.63, 3.8) is 0 Å². The van der Waals surface area contributed by atoms with Crippen LogP contribution in [0, 0.1) is 5.41 Å². The van der Waals surface area contributed by atoms with Gasteiger partial charge in [-0.15, -0.1) is 5.98 Å². The molecule has 2 aliphatic carbocycles. The van der Waals surface area contributed by atoms with E-state index in [1.165, 1.54) is 64.2 Å². The summed E-state index contributed by atoms with van der Waals surface area (Å²) in [4.78, 5) is 0. The van der Waals surface area contributed by atoms with Crippen LogP contribution in [0.2, 0.25) is 11.6 Å². The smallest absolute Gasteiger partial charge is 0.118 e. The van der Waals surface area contributed by atoms with Crippen molar-refractivity contribution in [1.82, 2.24) is 0 Å². The summed E-state index contributed by atoms with van der Waals surface area (Å²) in [5, 5.41) is 0. The third kappa shape index (κ3) is 5.01. The zero-order valence-corrected chi connectivity index (χ0v) is 13.5. The Morgan fingerprint density at radius 1 is 0.737 bits per heavy atom. The molecule has 2 rings (SSSR count). The molecule has 0 bridgehead atoms. The van der Waals surface area contributed by atoms with Crippen LogP contribution in [0.1, 0.15) is 85.0 Å². The molecule has 2 aliphatic rings. The highest BCUT2D eigenvalue weighted by Crippen LogP contribution is 2.42. The minimum Gasteiger partial charge on any atom is -0.118 e. The van der Waals surface area contributed by atoms with Crippen molar-refractivity contribution in [2.45, 2.75) is 96.6 Å². The lowest BCUT2D eigenvalue weighted by atomic mass is 9.30. The standard InChI is InChI=1S/C18H33B/c1-18(2,3)14-15-19(16-10-6-4-7-11-16)17-12-8-5-9-13-17/h14-17H,4-13H2,1-3H3. The van der Waals surface area contributed by atoms with Gasteiger partial charge in [-0.1, -0.05) is 103 Å². The van der Waals surface area contributed by atoms with Gasteiger partial charge in [0.25, 0.3) is 0 Å². The second-order valence-corrected chi connectivity index (χ2v) is 8.10. The molecule has 0 radical (unpaired) electrons. The molecule has 0 N–H and O–H groups in total. The fraction of sp³-hybridized carbons (Fsp3) is 0.889. The summed E-state index contributed by atoms with van der Waals surface area (Å²) < 4.78 is 0. The van der Waals surface area contributed by atoms with Gasteiger partial charge >= 0.3 is 0 Å². The maximum atomic E-state index is 2.63. The van der Waals surface area contributed by atoms with E-state index in [1.54, 1.807) is 0 Å². The molecule has 0 spiro atoms. The van der Waals surface area contributed by atoms with Crippen molar-refractivity contribution in [3.05, 3.63) is 12.1 Å². The van der Waals surface area contributed by atoms with E-state index in [1.807, 2.05) is 0 Å². The van der Waals surface area contributed by atoms with Gasteiger partial charge in [-0.05, 0) is 5.41 Å². The second kappa shape index (κ2) is 7.00. The molecule has 2 saturated carbocycles. The van der Waals surface area contributed by atoms with Crippen LogP contribution < -0.4 is 0 Å². The molecule has 108 valence electrons. The Labute approximate surface area is 121 Å². The van der Waals surface area contributed by atoms with Crippen LogP contribution in [0.4, 0.5) is 0 Å². The van der Waals surface area contributed by atoms with Crippen LogP contribution in [0.3, 0.4) is 0 Å². The maximum Gasteiger partial charge on any atom is 0.172 e. The van der Waals surface area contributed by atoms with Crippen LogP contribution in [-0.4, -0.2) is 6.71 Å². The number of hydrogen-bond acceptors (Lipinski definition) is 0. The van der Waals surface area contributed by atoms with Crippen molar-refractivity contribution in [3.8, 4) is 0 Å². The summed E-state index contributed by atoms with van der Waals surface area (Å²) in [7, 11) is 0. The molecule has 0 heterocycles. The Morgan fingerprint density at radius 2 is 1.16 bits per heavy atom. The Balaban J connectivity index is 2.04. The number of hydrogen-bond donors (Lipinski definition) is 0. The van der Waals surface area contributed by atoms with Gasteiger partial charge in [0.05, 0.1) is 0 Å². The molecule has 0 amide bonds. The molecule has 1 heteroatoms. The predicted octanol–water partition coefficient (Wildman–Crippen LogP) is 6.29. The van der Waals surface area contributed by atoms with E-state index in [9.17, 15) is 0 Å². The Hall–Kier alpha value is -0.195. The van der Waals surface area contributed by atoms with Crippen molar-refractivity contribution < 1.29 is 0 Å². The molecule has 0 aromatic heterocycles. The normalized spacial score (nSPS) is 23.9. The first kappa shape index (κ1) is 15.2. The lowest BCUT2D eigenvalue weighted by Gasteiger charge is -2.34. The second-order valence-electron chi connectivity index (χ2n) is 8.10. The fourth-order valence-corrected chi connectivity index (χ4v) is 4.14. The van der Waals surface area contributed by atoms with Gasteiger partial charge in [0, 0.05) is 0 Å². The molecule has 0 atom stereocenters. The van der Waals surface area contributed by atoms with Crippen molar-refractivity contribution in [2.24, 2.45) is 5.41 Å². The van der Waals surface area contributed by atoms with E-state index in [0.717, 1.165) is 18.3 Å². The molecule has 0 saturated heterocycles. The molecule has 0 aromatic rings. The average molecular weight is 260 g/mol. The van der Waals surface area contributed by atoms with Gasteiger partial charge in [-0.3, -0.25) is 0 Å². The van der Waals surface area contributed by atoms with E-state index < -0.39 is 0 Å². The molecule has 0 aliphatic heterocycles. The van der Waals surface area contributed by atoms with Crippen LogP contribution >= 0.6 is 0 Å². The summed E-state index contributed by atoms with van der Waals surface area (Å²) in [5.74, 6) is 4.62. The first-order valence-corrected chi connectivity index (χ1v) is 8.76. The Bertz CT molecular complexity index is 257. The summed E-state index contributed by atoms with van der Waals surface area (Å²) in [6, 6.07) is 0. The first-order valence-electron chi connectivity index (χ1n) is 8.76. The largest absolute Gasteiger partial charge is 0.172 e. The summed E-state index contributed by atoms with van der Waals surface area (Å²) >= 11 is 0. The molecular weight excluding hydrogens is 227 g/mol. The lowest BCUT2D eigenvalue weighted by molar-refractivity contribution is 0.464. The van der Waals surface area contributed by atoms with E-state index in [4.69, 9.17) is 0 Å². The Morgan fingerprint density at radius 3 is 1.53 bits per heavy atom. The van der Waals surface area contributed by atoms with Crippen molar-refractivity contribution >= 4 is 6.71 Å². The number of allylic oxidation sites excluding steroid dienone is 1. The average Bonchev–Trinajstić information content (AvgIpc) is 2.40. The van der Waals surface area contributed by atoms with Gasteiger partial charge in [0.2, 0.25) is 0 Å². The van der Waals surface area contributed by atoms with Gasteiger partial charge in [-0.25, -0.2) is 0 Å². The summed E-state index contributed by atoms with van der Waals surface area (Å²) in [6.07, 6.45) is 17.4. The van der Waals surface area contributed by atoms with E-state index >= 15 is 0 Å². The minimum absolute atomic E-state index is 0.349. The highest BCUT2D eigenvalue weighted by Gasteiger charge is 2.32. The van der Waals surface area contributed by atoms with Crippen molar-refractivity contribution in [1.29, 1.82) is 0 Å². The molecule has 19 heavy (non-hydrogen) atoms. The molecule has 0 unspecified atom stereocenters. The van der Waals surface area contributed by atoms with Gasteiger partial charge in [-0.2, -0.15) is 0 Å². The highest BCUT2D eigenvalue weighted by atomic mass is 14.2. The molecule has 0 nitrogen and oxygen atoms in total. The van der Waals surface area contributed by atoms with Crippen LogP contribution in [-0.2, 0) is 0 Å². The quantitative estimate of drug-likeness (QED) is 0.523. The van der Waals surface area contributed by atoms with E-state index in [2.05, 4.69) is 32.8 Å². The van der Waals surface area contributed by atoms with Crippen LogP contribution in [0.5, 0.6) is 0 Å². The Kier molecular flexibility index (Phi) is 5.60. The SMILES string of the molecule is CC(C)(C)C=CB(C1CCCCC1)C1CCCCC1. The third-order valence-corrected chi connectivity index (χ3v) is 5.21. The summed E-state index contributed by atoms with van der Waals surface area (Å²) in [5.41, 5.74) is 0.349. The molecule has 0 aromatic carbocycles. The van der Waals surface area contributed by atoms with Gasteiger partial charge in [0.1, 0.15) is 0 Å². The molecule has 2 fully saturated rings. The van der Waals surface area contributed by atoms with Gasteiger partial charge in [0.15, 0.2) is 6.71 Å². The van der Waals surface area contributed by atoms with E-state index in [-0.39, 0.29) is 0 Å². The fourth-order valence-electron chi connectivity index (χ4n) is 4.14. The van der Waals surface area contributed by atoms with Gasteiger partial charge < -0.3 is 0 Å². The topological polar surface area (TPSA) is 0 Å². The van der Waals surface area contributed by atoms with E-state index in [0.29, 0.717) is 5.41 Å². The number of rotatable bonds is 3. The lowest BCUT2D eigenvalue weighted by Crippen LogP contribution is -2.29. The van der Waals surface area contributed by atoms with Crippen molar-refractivity contribution in [2.75, 3.05) is 0 Å². The summed E-state index contributed by atoms with van der Waals surface area (Å²) in [6.45, 7) is 7.90. The first-order chi connectivity index (χ1) is 9.06. The monoisotopic (exact) mass is 260 g/mol.